The SMILES string of the molecule is COc1nc(Cl)nc(NCc2ccno2)n1. The van der Waals surface area contributed by atoms with Crippen molar-refractivity contribution in [3.63, 3.8) is 0 Å². The molecular weight excluding hydrogens is 234 g/mol. The normalized spacial score (nSPS) is 10.1. The third kappa shape index (κ3) is 2.57. The maximum absolute atomic E-state index is 5.67. The lowest BCUT2D eigenvalue weighted by atomic mass is 10.4. The Morgan fingerprint density at radius 2 is 2.31 bits per heavy atom. The van der Waals surface area contributed by atoms with Gasteiger partial charge in [-0.1, -0.05) is 5.16 Å². The number of hydrogen-bond acceptors (Lipinski definition) is 7. The first-order valence-electron chi connectivity index (χ1n) is 4.37. The van der Waals surface area contributed by atoms with Crippen LogP contribution in [0.15, 0.2) is 16.8 Å². The molecule has 0 saturated carbocycles. The van der Waals surface area contributed by atoms with Crippen molar-refractivity contribution in [2.24, 2.45) is 0 Å². The minimum Gasteiger partial charge on any atom is -0.467 e. The number of nitrogens with one attached hydrogen (secondary N) is 1. The summed E-state index contributed by atoms with van der Waals surface area (Å²) in [5.74, 6) is 0.976. The third-order valence-electron chi connectivity index (χ3n) is 1.68. The molecule has 0 amide bonds. The lowest BCUT2D eigenvalue weighted by molar-refractivity contribution is 0.377. The predicted molar refractivity (Wildman–Crippen MR) is 55.2 cm³/mol. The van der Waals surface area contributed by atoms with E-state index in [0.29, 0.717) is 18.3 Å². The first-order valence-corrected chi connectivity index (χ1v) is 4.74. The highest BCUT2D eigenvalue weighted by molar-refractivity contribution is 6.28. The summed E-state index contributed by atoms with van der Waals surface area (Å²) in [7, 11) is 1.45. The zero-order chi connectivity index (χ0) is 11.4. The van der Waals surface area contributed by atoms with E-state index in [1.54, 1.807) is 12.3 Å². The molecule has 0 aliphatic carbocycles. The van der Waals surface area contributed by atoms with Crippen molar-refractivity contribution in [2.75, 3.05) is 12.4 Å². The van der Waals surface area contributed by atoms with Gasteiger partial charge in [-0.15, -0.1) is 0 Å². The Morgan fingerprint density at radius 1 is 1.44 bits per heavy atom. The Bertz CT molecular complexity index is 461. The van der Waals surface area contributed by atoms with E-state index in [2.05, 4.69) is 25.4 Å². The molecule has 0 aromatic carbocycles. The number of aromatic nitrogens is 4. The number of ether oxygens (including phenoxy) is 1. The Balaban J connectivity index is 2.06. The van der Waals surface area contributed by atoms with Gasteiger partial charge in [0.2, 0.25) is 11.2 Å². The molecular formula is C8H8ClN5O2. The van der Waals surface area contributed by atoms with Gasteiger partial charge in [0.15, 0.2) is 5.76 Å². The highest BCUT2D eigenvalue weighted by Gasteiger charge is 2.05. The van der Waals surface area contributed by atoms with E-state index >= 15 is 0 Å². The maximum atomic E-state index is 5.67. The molecule has 0 unspecified atom stereocenters. The van der Waals surface area contributed by atoms with Crippen LogP contribution in [0.25, 0.3) is 0 Å². The summed E-state index contributed by atoms with van der Waals surface area (Å²) in [6.07, 6.45) is 1.55. The molecule has 2 aromatic rings. The maximum Gasteiger partial charge on any atom is 0.322 e. The molecule has 0 radical (unpaired) electrons. The van der Waals surface area contributed by atoms with E-state index in [9.17, 15) is 0 Å². The van der Waals surface area contributed by atoms with Gasteiger partial charge in [-0.25, -0.2) is 0 Å². The van der Waals surface area contributed by atoms with E-state index < -0.39 is 0 Å². The van der Waals surface area contributed by atoms with Crippen molar-refractivity contribution in [1.82, 2.24) is 20.1 Å². The molecule has 0 atom stereocenters. The number of methoxy groups -OCH3 is 1. The molecule has 7 nitrogen and oxygen atoms in total. The largest absolute Gasteiger partial charge is 0.467 e. The highest BCUT2D eigenvalue weighted by atomic mass is 35.5. The highest BCUT2D eigenvalue weighted by Crippen LogP contribution is 2.11. The zero-order valence-electron chi connectivity index (χ0n) is 8.35. The quantitative estimate of drug-likeness (QED) is 0.859. The van der Waals surface area contributed by atoms with Gasteiger partial charge in [-0.3, -0.25) is 0 Å². The summed E-state index contributed by atoms with van der Waals surface area (Å²) in [4.78, 5) is 11.6. The molecule has 0 aliphatic rings. The van der Waals surface area contributed by atoms with Crippen molar-refractivity contribution in [3.8, 4) is 6.01 Å². The van der Waals surface area contributed by atoms with Gasteiger partial charge >= 0.3 is 6.01 Å². The topological polar surface area (TPSA) is 86.0 Å². The lowest BCUT2D eigenvalue weighted by Crippen LogP contribution is -2.05. The fourth-order valence-corrected chi connectivity index (χ4v) is 1.15. The summed E-state index contributed by atoms with van der Waals surface area (Å²) >= 11 is 5.67. The van der Waals surface area contributed by atoms with E-state index in [1.165, 1.54) is 7.11 Å². The molecule has 2 heterocycles. The molecule has 8 heteroatoms. The fourth-order valence-electron chi connectivity index (χ4n) is 1.00. The molecule has 0 saturated heterocycles. The molecule has 2 aromatic heterocycles. The van der Waals surface area contributed by atoms with Crippen LogP contribution in [-0.4, -0.2) is 27.2 Å². The first-order chi connectivity index (χ1) is 7.78. The monoisotopic (exact) mass is 241 g/mol. The average Bonchev–Trinajstić information content (AvgIpc) is 2.78. The van der Waals surface area contributed by atoms with Crippen LogP contribution < -0.4 is 10.1 Å². The second-order valence-corrected chi connectivity index (χ2v) is 3.09. The Morgan fingerprint density at radius 3 is 3.00 bits per heavy atom. The Kier molecular flexibility index (Phi) is 3.16. The van der Waals surface area contributed by atoms with Crippen molar-refractivity contribution in [3.05, 3.63) is 23.3 Å². The van der Waals surface area contributed by atoms with Gasteiger partial charge in [0, 0.05) is 6.07 Å². The zero-order valence-corrected chi connectivity index (χ0v) is 9.10. The van der Waals surface area contributed by atoms with Crippen LogP contribution in [0.2, 0.25) is 5.28 Å². The number of nitrogens with zero attached hydrogens (tertiary/aromatic N) is 4. The van der Waals surface area contributed by atoms with Gasteiger partial charge in [0.1, 0.15) is 0 Å². The van der Waals surface area contributed by atoms with Crippen LogP contribution in [0.5, 0.6) is 6.01 Å². The van der Waals surface area contributed by atoms with Gasteiger partial charge in [-0.05, 0) is 11.6 Å². The molecule has 0 aliphatic heterocycles. The fraction of sp³-hybridized carbons (Fsp3) is 0.250. The second kappa shape index (κ2) is 4.75. The van der Waals surface area contributed by atoms with Crippen LogP contribution in [0.3, 0.4) is 0 Å². The van der Waals surface area contributed by atoms with E-state index in [-0.39, 0.29) is 11.3 Å². The van der Waals surface area contributed by atoms with Crippen molar-refractivity contribution in [1.29, 1.82) is 0 Å². The van der Waals surface area contributed by atoms with Crippen LogP contribution >= 0.6 is 11.6 Å². The van der Waals surface area contributed by atoms with Crippen LogP contribution in [0, 0.1) is 0 Å². The average molecular weight is 242 g/mol. The summed E-state index contributed by atoms with van der Waals surface area (Å²) in [6.45, 7) is 0.406. The van der Waals surface area contributed by atoms with Gasteiger partial charge in [0.25, 0.3) is 0 Å². The van der Waals surface area contributed by atoms with Crippen molar-refractivity contribution >= 4 is 17.5 Å². The Labute approximate surface area is 95.8 Å². The number of rotatable bonds is 4. The molecule has 16 heavy (non-hydrogen) atoms. The molecule has 2 rings (SSSR count). The van der Waals surface area contributed by atoms with Gasteiger partial charge in [0.05, 0.1) is 19.9 Å². The van der Waals surface area contributed by atoms with Crippen LogP contribution in [0.4, 0.5) is 5.95 Å². The van der Waals surface area contributed by atoms with Gasteiger partial charge < -0.3 is 14.6 Å². The smallest absolute Gasteiger partial charge is 0.322 e. The van der Waals surface area contributed by atoms with E-state index in [4.69, 9.17) is 20.9 Å². The number of halogens is 1. The predicted octanol–water partition coefficient (Wildman–Crippen LogP) is 1.13. The summed E-state index contributed by atoms with van der Waals surface area (Å²) in [6, 6.07) is 1.88. The summed E-state index contributed by atoms with van der Waals surface area (Å²) in [5, 5.41) is 6.53. The standard InChI is InChI=1S/C8H8ClN5O2/c1-15-8-13-6(9)12-7(14-8)10-4-5-2-3-11-16-5/h2-3H,4H2,1H3,(H,10,12,13,14). The first kappa shape index (κ1) is 10.6. The molecule has 1 N–H and O–H groups in total. The molecule has 0 fully saturated rings. The van der Waals surface area contributed by atoms with Gasteiger partial charge in [-0.2, -0.15) is 15.0 Å². The van der Waals surface area contributed by atoms with Crippen LogP contribution in [-0.2, 0) is 6.54 Å². The molecule has 0 bridgehead atoms. The van der Waals surface area contributed by atoms with E-state index in [0.717, 1.165) is 0 Å². The van der Waals surface area contributed by atoms with E-state index in [1.807, 2.05) is 0 Å². The number of hydrogen-bond donors (Lipinski definition) is 1. The molecule has 84 valence electrons. The van der Waals surface area contributed by atoms with Crippen LogP contribution in [0.1, 0.15) is 5.76 Å². The third-order valence-corrected chi connectivity index (χ3v) is 1.85. The number of anilines is 1. The summed E-state index contributed by atoms with van der Waals surface area (Å²) in [5.41, 5.74) is 0. The van der Waals surface area contributed by atoms with Crippen molar-refractivity contribution < 1.29 is 9.26 Å². The molecule has 0 spiro atoms. The lowest BCUT2D eigenvalue weighted by Gasteiger charge is -2.03. The van der Waals surface area contributed by atoms with Crippen molar-refractivity contribution in [2.45, 2.75) is 6.54 Å². The minimum absolute atomic E-state index is 0.0620. The second-order valence-electron chi connectivity index (χ2n) is 2.75. The summed E-state index contributed by atoms with van der Waals surface area (Å²) < 4.78 is 9.74. The minimum atomic E-state index is 0.0620. The Hall–Kier alpha value is -1.89.